The number of aliphatic imine (C=N–C) groups is 1. The maximum absolute atomic E-state index is 12.5. The predicted octanol–water partition coefficient (Wildman–Crippen LogP) is 3.44. The normalized spacial score (nSPS) is 14.2. The summed E-state index contributed by atoms with van der Waals surface area (Å²) >= 11 is 1.46. The third-order valence-electron chi connectivity index (χ3n) is 5.09. The fraction of sp³-hybridized carbons (Fsp3) is 0.182. The summed E-state index contributed by atoms with van der Waals surface area (Å²) in [6, 6.07) is 15.4. The van der Waals surface area contributed by atoms with E-state index in [1.165, 1.54) is 35.8 Å². The first kappa shape index (κ1) is 20.5. The van der Waals surface area contributed by atoms with Gasteiger partial charge in [0.2, 0.25) is 0 Å². The molecular weight excluding hydrogens is 416 g/mol. The summed E-state index contributed by atoms with van der Waals surface area (Å²) in [6.07, 6.45) is 1.35. The van der Waals surface area contributed by atoms with E-state index in [-0.39, 0.29) is 11.5 Å². The molecule has 31 heavy (non-hydrogen) atoms. The summed E-state index contributed by atoms with van der Waals surface area (Å²) in [6.45, 7) is 2.81. The molecule has 0 saturated carbocycles. The fourth-order valence-corrected chi connectivity index (χ4v) is 4.10. The highest BCUT2D eigenvalue weighted by Crippen LogP contribution is 2.26. The van der Waals surface area contributed by atoms with Gasteiger partial charge in [-0.2, -0.15) is 0 Å². The van der Waals surface area contributed by atoms with Crippen LogP contribution in [0, 0.1) is 10.1 Å². The summed E-state index contributed by atoms with van der Waals surface area (Å²) in [5.41, 5.74) is 1.38. The zero-order valence-corrected chi connectivity index (χ0v) is 17.3. The third kappa shape index (κ3) is 4.56. The molecule has 0 atom stereocenters. The van der Waals surface area contributed by atoms with Gasteiger partial charge >= 0.3 is 0 Å². The van der Waals surface area contributed by atoms with Crippen molar-refractivity contribution in [2.45, 2.75) is 0 Å². The van der Waals surface area contributed by atoms with Gasteiger partial charge in [-0.05, 0) is 47.0 Å². The molecule has 2 aromatic carbocycles. The van der Waals surface area contributed by atoms with Gasteiger partial charge in [0.05, 0.1) is 15.5 Å². The number of carbonyl (C=O) groups is 1. The van der Waals surface area contributed by atoms with E-state index in [0.717, 1.165) is 23.7 Å². The van der Waals surface area contributed by atoms with Crippen LogP contribution in [0.5, 0.6) is 5.75 Å². The largest absolute Gasteiger partial charge is 0.867 e. The van der Waals surface area contributed by atoms with E-state index in [1.807, 2.05) is 46.7 Å². The minimum Gasteiger partial charge on any atom is -0.867 e. The Balaban J connectivity index is 1.38. The molecule has 1 aliphatic heterocycles. The molecule has 1 aliphatic rings. The lowest BCUT2D eigenvalue weighted by Gasteiger charge is -2.36. The van der Waals surface area contributed by atoms with E-state index >= 15 is 0 Å². The van der Waals surface area contributed by atoms with Gasteiger partial charge < -0.3 is 14.9 Å². The van der Waals surface area contributed by atoms with Gasteiger partial charge in [0.15, 0.2) is 0 Å². The third-order valence-corrected chi connectivity index (χ3v) is 5.95. The van der Waals surface area contributed by atoms with Gasteiger partial charge in [0.1, 0.15) is 0 Å². The molecule has 1 fully saturated rings. The van der Waals surface area contributed by atoms with Gasteiger partial charge in [-0.25, -0.2) is 0 Å². The summed E-state index contributed by atoms with van der Waals surface area (Å²) in [4.78, 5) is 31.8. The number of rotatable bonds is 5. The molecule has 8 nitrogen and oxygen atoms in total. The van der Waals surface area contributed by atoms with Crippen LogP contribution in [0.25, 0.3) is 0 Å². The Morgan fingerprint density at radius 3 is 2.42 bits per heavy atom. The van der Waals surface area contributed by atoms with Crippen molar-refractivity contribution in [1.29, 1.82) is 0 Å². The lowest BCUT2D eigenvalue weighted by atomic mass is 10.2. The predicted molar refractivity (Wildman–Crippen MR) is 119 cm³/mol. The van der Waals surface area contributed by atoms with Crippen molar-refractivity contribution < 1.29 is 14.8 Å². The highest BCUT2D eigenvalue weighted by molar-refractivity contribution is 7.12. The number of para-hydroxylation sites is 1. The fourth-order valence-electron chi connectivity index (χ4n) is 3.41. The number of benzene rings is 2. The van der Waals surface area contributed by atoms with E-state index in [0.29, 0.717) is 18.8 Å². The molecule has 0 radical (unpaired) electrons. The number of nitro benzene ring substituents is 1. The number of amides is 1. The standard InChI is InChI=1S/C22H20N4O4S/c27-21-16(3-1-4-19(21)26(29)30)15-23-17-6-8-18(9-7-17)24-10-12-25(13-11-24)22(28)20-5-2-14-31-20/h1-9,14-15,27H,10-13H2/p-1. The highest BCUT2D eigenvalue weighted by Gasteiger charge is 2.22. The molecule has 0 unspecified atom stereocenters. The van der Waals surface area contributed by atoms with Crippen LogP contribution in [0.3, 0.4) is 0 Å². The van der Waals surface area contributed by atoms with Crippen LogP contribution < -0.4 is 10.0 Å². The Hall–Kier alpha value is -3.72. The smallest absolute Gasteiger partial charge is 0.264 e. The summed E-state index contributed by atoms with van der Waals surface area (Å²) < 4.78 is 0. The van der Waals surface area contributed by atoms with Crippen molar-refractivity contribution >= 4 is 40.5 Å². The average molecular weight is 435 g/mol. The van der Waals surface area contributed by atoms with E-state index in [9.17, 15) is 20.0 Å². The maximum atomic E-state index is 12.5. The number of piperazine rings is 1. The Labute approximate surface area is 182 Å². The molecule has 1 aromatic heterocycles. The number of nitrogens with zero attached hydrogens (tertiary/aromatic N) is 4. The SMILES string of the molecule is O=C(c1cccs1)N1CCN(c2ccc(N=Cc3cccc([N+](=O)[O-])c3[O-])cc2)CC1. The van der Waals surface area contributed by atoms with Gasteiger partial charge in [-0.3, -0.25) is 19.9 Å². The van der Waals surface area contributed by atoms with Gasteiger partial charge in [0, 0.05) is 44.1 Å². The van der Waals surface area contributed by atoms with Crippen LogP contribution in [-0.2, 0) is 0 Å². The minimum absolute atomic E-state index is 0.0817. The number of carbonyl (C=O) groups excluding carboxylic acids is 1. The number of anilines is 1. The molecule has 4 rings (SSSR count). The molecule has 0 spiro atoms. The second-order valence-corrected chi connectivity index (χ2v) is 7.93. The molecule has 2 heterocycles. The van der Waals surface area contributed by atoms with E-state index in [4.69, 9.17) is 0 Å². The van der Waals surface area contributed by atoms with Gasteiger partial charge in [-0.15, -0.1) is 11.3 Å². The van der Waals surface area contributed by atoms with Crippen molar-refractivity contribution in [3.8, 4) is 5.75 Å². The van der Waals surface area contributed by atoms with Crippen LogP contribution in [-0.4, -0.2) is 48.1 Å². The second-order valence-electron chi connectivity index (χ2n) is 6.98. The zero-order chi connectivity index (χ0) is 21.8. The molecule has 0 N–H and O–H groups in total. The summed E-state index contributed by atoms with van der Waals surface area (Å²) in [5.74, 6) is -0.568. The van der Waals surface area contributed by atoms with Crippen LogP contribution in [0.2, 0.25) is 0 Å². The molecule has 9 heteroatoms. The molecule has 1 amide bonds. The molecule has 3 aromatic rings. The number of nitro groups is 1. The van der Waals surface area contributed by atoms with E-state index < -0.39 is 16.4 Å². The zero-order valence-electron chi connectivity index (χ0n) is 16.5. The van der Waals surface area contributed by atoms with Gasteiger partial charge in [-0.1, -0.05) is 18.2 Å². The van der Waals surface area contributed by atoms with Crippen LogP contribution in [0.1, 0.15) is 15.2 Å². The second kappa shape index (κ2) is 8.97. The Kier molecular flexibility index (Phi) is 5.94. The maximum Gasteiger partial charge on any atom is 0.264 e. The number of hydrogen-bond donors (Lipinski definition) is 0. The van der Waals surface area contributed by atoms with Gasteiger partial charge in [0.25, 0.3) is 11.6 Å². The first-order valence-electron chi connectivity index (χ1n) is 9.69. The van der Waals surface area contributed by atoms with E-state index in [1.54, 1.807) is 0 Å². The monoisotopic (exact) mass is 435 g/mol. The summed E-state index contributed by atoms with van der Waals surface area (Å²) in [5, 5.41) is 24.9. The van der Waals surface area contributed by atoms with Crippen molar-refractivity contribution in [2.75, 3.05) is 31.1 Å². The topological polar surface area (TPSA) is 102 Å². The average Bonchev–Trinajstić information content (AvgIpc) is 3.33. The Morgan fingerprint density at radius 2 is 1.77 bits per heavy atom. The highest BCUT2D eigenvalue weighted by atomic mass is 32.1. The van der Waals surface area contributed by atoms with Crippen molar-refractivity contribution in [3.63, 3.8) is 0 Å². The first-order valence-corrected chi connectivity index (χ1v) is 10.6. The summed E-state index contributed by atoms with van der Waals surface area (Å²) in [7, 11) is 0. The lowest BCUT2D eigenvalue weighted by molar-refractivity contribution is -0.398. The quantitative estimate of drug-likeness (QED) is 0.347. The molecule has 0 bridgehead atoms. The van der Waals surface area contributed by atoms with Crippen LogP contribution in [0.4, 0.5) is 17.1 Å². The minimum atomic E-state index is -0.692. The van der Waals surface area contributed by atoms with Crippen molar-refractivity contribution in [1.82, 2.24) is 4.90 Å². The molecule has 0 aliphatic carbocycles. The van der Waals surface area contributed by atoms with Crippen LogP contribution >= 0.6 is 11.3 Å². The Bertz CT molecular complexity index is 1110. The van der Waals surface area contributed by atoms with Crippen molar-refractivity contribution in [3.05, 3.63) is 80.5 Å². The molecule has 158 valence electrons. The molecule has 1 saturated heterocycles. The number of hydrogen-bond acceptors (Lipinski definition) is 7. The molecular formula is C22H19N4O4S-. The van der Waals surface area contributed by atoms with Crippen LogP contribution in [0.15, 0.2) is 65.0 Å². The lowest BCUT2D eigenvalue weighted by Crippen LogP contribution is -2.48. The first-order chi connectivity index (χ1) is 15.0. The number of thiophene rings is 1. The van der Waals surface area contributed by atoms with Crippen molar-refractivity contribution in [2.24, 2.45) is 4.99 Å². The van der Waals surface area contributed by atoms with E-state index in [2.05, 4.69) is 9.89 Å². The Morgan fingerprint density at radius 1 is 1.03 bits per heavy atom.